The Balaban J connectivity index is 0.000000147. The molecule has 0 bridgehead atoms. The smallest absolute Gasteiger partial charge is 0.133 e. The molecule has 0 aliphatic carbocycles. The molecule has 0 radical (unpaired) electrons. The molecule has 0 saturated carbocycles. The number of phenols is 1. The molecular formula is C17H18O2S. The number of hydrogen-bond acceptors (Lipinski definition) is 3. The highest BCUT2D eigenvalue weighted by molar-refractivity contribution is 7.17. The van der Waals surface area contributed by atoms with E-state index in [1.807, 2.05) is 41.8 Å². The van der Waals surface area contributed by atoms with Crippen molar-refractivity contribution in [3.63, 3.8) is 0 Å². The molecule has 0 aliphatic heterocycles. The topological polar surface area (TPSA) is 40.5 Å². The molecule has 0 unspecified atom stereocenters. The molecule has 0 aliphatic rings. The molecule has 3 aromatic rings. The zero-order chi connectivity index (χ0) is 14.2. The number of phenolic OH excluding ortho intramolecular Hbond substituents is 1. The fourth-order valence-corrected chi connectivity index (χ4v) is 2.72. The van der Waals surface area contributed by atoms with E-state index < -0.39 is 0 Å². The van der Waals surface area contributed by atoms with Crippen LogP contribution in [0.2, 0.25) is 0 Å². The normalized spacial score (nSPS) is 10.1. The number of thiophene rings is 1. The van der Waals surface area contributed by atoms with Crippen LogP contribution in [-0.2, 0) is 6.42 Å². The minimum atomic E-state index is 0.287. The summed E-state index contributed by atoms with van der Waals surface area (Å²) in [4.78, 5) is 0. The van der Waals surface area contributed by atoms with Crippen LogP contribution in [0.3, 0.4) is 0 Å². The lowest BCUT2D eigenvalue weighted by molar-refractivity contribution is 0.288. The van der Waals surface area contributed by atoms with Gasteiger partial charge in [-0.1, -0.05) is 42.5 Å². The number of aliphatic hydroxyl groups is 1. The van der Waals surface area contributed by atoms with Crippen LogP contribution < -0.4 is 0 Å². The van der Waals surface area contributed by atoms with Gasteiger partial charge in [-0.3, -0.25) is 0 Å². The number of hydrogen-bond donors (Lipinski definition) is 2. The van der Waals surface area contributed by atoms with Gasteiger partial charge in [0.05, 0.1) is 4.70 Å². The highest BCUT2D eigenvalue weighted by Gasteiger charge is 1.97. The van der Waals surface area contributed by atoms with Crippen molar-refractivity contribution in [3.05, 3.63) is 65.5 Å². The molecular weight excluding hydrogens is 268 g/mol. The first-order valence-corrected chi connectivity index (χ1v) is 7.49. The molecule has 1 aromatic heterocycles. The number of fused-ring (bicyclic) bond motifs is 1. The molecule has 0 amide bonds. The first-order valence-electron chi connectivity index (χ1n) is 6.61. The Morgan fingerprint density at radius 2 is 1.70 bits per heavy atom. The monoisotopic (exact) mass is 286 g/mol. The van der Waals surface area contributed by atoms with Crippen LogP contribution in [0.1, 0.15) is 12.0 Å². The Kier molecular flexibility index (Phi) is 5.59. The van der Waals surface area contributed by atoms with Gasteiger partial charge in [0.15, 0.2) is 0 Å². The van der Waals surface area contributed by atoms with Gasteiger partial charge in [0.1, 0.15) is 5.75 Å². The lowest BCUT2D eigenvalue weighted by atomic mass is 10.1. The summed E-state index contributed by atoms with van der Waals surface area (Å²) in [5.74, 6) is 0.382. The van der Waals surface area contributed by atoms with Crippen molar-refractivity contribution in [3.8, 4) is 5.75 Å². The fraction of sp³-hybridized carbons (Fsp3) is 0.176. The molecule has 2 N–H and O–H groups in total. The summed E-state index contributed by atoms with van der Waals surface area (Å²) in [5, 5.41) is 20.9. The van der Waals surface area contributed by atoms with E-state index in [0.29, 0.717) is 5.75 Å². The molecule has 0 saturated heterocycles. The Morgan fingerprint density at radius 3 is 2.40 bits per heavy atom. The maximum Gasteiger partial charge on any atom is 0.133 e. The molecule has 3 heteroatoms. The summed E-state index contributed by atoms with van der Waals surface area (Å²) in [5.41, 5.74) is 1.30. The number of benzene rings is 2. The van der Waals surface area contributed by atoms with E-state index in [4.69, 9.17) is 5.11 Å². The van der Waals surface area contributed by atoms with Gasteiger partial charge in [-0.25, -0.2) is 0 Å². The number of aliphatic hydroxyl groups excluding tert-OH is 1. The van der Waals surface area contributed by atoms with E-state index in [0.717, 1.165) is 22.9 Å². The minimum Gasteiger partial charge on any atom is -0.506 e. The molecule has 2 aromatic carbocycles. The molecule has 3 rings (SSSR count). The van der Waals surface area contributed by atoms with Crippen molar-refractivity contribution in [1.29, 1.82) is 0 Å². The van der Waals surface area contributed by atoms with Gasteiger partial charge in [0, 0.05) is 6.61 Å². The van der Waals surface area contributed by atoms with Crippen LogP contribution in [0.4, 0.5) is 0 Å². The molecule has 1 heterocycles. The third-order valence-electron chi connectivity index (χ3n) is 2.92. The quantitative estimate of drug-likeness (QED) is 0.757. The van der Waals surface area contributed by atoms with Crippen molar-refractivity contribution in [2.24, 2.45) is 0 Å². The van der Waals surface area contributed by atoms with Gasteiger partial charge in [-0.05, 0) is 41.3 Å². The van der Waals surface area contributed by atoms with E-state index in [2.05, 4.69) is 12.1 Å². The first-order chi connectivity index (χ1) is 9.81. The van der Waals surface area contributed by atoms with E-state index in [9.17, 15) is 5.11 Å². The predicted octanol–water partition coefficient (Wildman–Crippen LogP) is 4.22. The second-order valence-electron chi connectivity index (χ2n) is 4.43. The zero-order valence-electron chi connectivity index (χ0n) is 11.2. The minimum absolute atomic E-state index is 0.287. The molecule has 0 fully saturated rings. The first kappa shape index (κ1) is 14.6. The van der Waals surface area contributed by atoms with Gasteiger partial charge in [-0.2, -0.15) is 0 Å². The SMILES string of the molecule is OCCCc1ccccc1.Oc1cccc2ccsc12. The summed E-state index contributed by atoms with van der Waals surface area (Å²) in [6.07, 6.45) is 1.85. The summed E-state index contributed by atoms with van der Waals surface area (Å²) >= 11 is 1.56. The maximum absolute atomic E-state index is 9.27. The van der Waals surface area contributed by atoms with Gasteiger partial charge < -0.3 is 10.2 Å². The number of aromatic hydroxyl groups is 1. The largest absolute Gasteiger partial charge is 0.506 e. The van der Waals surface area contributed by atoms with Crippen LogP contribution in [0.25, 0.3) is 10.1 Å². The Hall–Kier alpha value is -1.84. The van der Waals surface area contributed by atoms with E-state index in [1.54, 1.807) is 17.4 Å². The van der Waals surface area contributed by atoms with Crippen molar-refractivity contribution >= 4 is 21.4 Å². The fourth-order valence-electron chi connectivity index (χ4n) is 1.91. The standard InChI is InChI=1S/C9H12O.C8H6OS/c10-8-4-7-9-5-2-1-3-6-9;9-7-3-1-2-6-4-5-10-8(6)7/h1-3,5-6,10H,4,7-8H2;1-5,9H. The Bertz CT molecular complexity index is 632. The second kappa shape index (κ2) is 7.68. The van der Waals surface area contributed by atoms with Gasteiger partial charge >= 0.3 is 0 Å². The highest BCUT2D eigenvalue weighted by atomic mass is 32.1. The predicted molar refractivity (Wildman–Crippen MR) is 85.3 cm³/mol. The van der Waals surface area contributed by atoms with Crippen LogP contribution in [0, 0.1) is 0 Å². The third-order valence-corrected chi connectivity index (χ3v) is 3.88. The lowest BCUT2D eigenvalue weighted by Gasteiger charge is -1.96. The van der Waals surface area contributed by atoms with Crippen LogP contribution in [-0.4, -0.2) is 16.8 Å². The summed E-state index contributed by atoms with van der Waals surface area (Å²) in [7, 11) is 0. The molecule has 104 valence electrons. The van der Waals surface area contributed by atoms with Gasteiger partial charge in [0.2, 0.25) is 0 Å². The summed E-state index contributed by atoms with van der Waals surface area (Å²) < 4.78 is 0.975. The average molecular weight is 286 g/mol. The molecule has 20 heavy (non-hydrogen) atoms. The van der Waals surface area contributed by atoms with Crippen molar-refractivity contribution in [2.75, 3.05) is 6.61 Å². The molecule has 2 nitrogen and oxygen atoms in total. The molecule has 0 atom stereocenters. The van der Waals surface area contributed by atoms with Crippen LogP contribution in [0.5, 0.6) is 5.75 Å². The molecule has 0 spiro atoms. The average Bonchev–Trinajstić information content (AvgIpc) is 2.97. The highest BCUT2D eigenvalue weighted by Crippen LogP contribution is 2.28. The summed E-state index contributed by atoms with van der Waals surface area (Å²) in [6.45, 7) is 0.287. The Morgan fingerprint density at radius 1 is 0.900 bits per heavy atom. The van der Waals surface area contributed by atoms with Crippen molar-refractivity contribution < 1.29 is 10.2 Å². The maximum atomic E-state index is 9.27. The Labute approximate surface area is 122 Å². The van der Waals surface area contributed by atoms with E-state index in [1.165, 1.54) is 5.56 Å². The van der Waals surface area contributed by atoms with Gasteiger partial charge in [-0.15, -0.1) is 11.3 Å². The van der Waals surface area contributed by atoms with Gasteiger partial charge in [0.25, 0.3) is 0 Å². The summed E-state index contributed by atoms with van der Waals surface area (Å²) in [6, 6.07) is 17.8. The third kappa shape index (κ3) is 4.08. The van der Waals surface area contributed by atoms with Crippen LogP contribution >= 0.6 is 11.3 Å². The van der Waals surface area contributed by atoms with Crippen LogP contribution in [0.15, 0.2) is 60.0 Å². The van der Waals surface area contributed by atoms with E-state index >= 15 is 0 Å². The van der Waals surface area contributed by atoms with Crippen molar-refractivity contribution in [1.82, 2.24) is 0 Å². The lowest BCUT2D eigenvalue weighted by Crippen LogP contribution is -1.87. The number of aryl methyl sites for hydroxylation is 1. The van der Waals surface area contributed by atoms with Crippen molar-refractivity contribution in [2.45, 2.75) is 12.8 Å². The van der Waals surface area contributed by atoms with E-state index in [-0.39, 0.29) is 6.61 Å². The number of rotatable bonds is 3. The second-order valence-corrected chi connectivity index (χ2v) is 5.34. The zero-order valence-corrected chi connectivity index (χ0v) is 12.0.